The summed E-state index contributed by atoms with van der Waals surface area (Å²) < 4.78 is 13.1. The van der Waals surface area contributed by atoms with Crippen LogP contribution in [0.4, 0.5) is 22.7 Å². The topological polar surface area (TPSA) is 173 Å². The van der Waals surface area contributed by atoms with Gasteiger partial charge in [-0.05, 0) is 53.8 Å². The third-order valence-electron chi connectivity index (χ3n) is 9.91. The van der Waals surface area contributed by atoms with Gasteiger partial charge < -0.3 is 35.8 Å². The lowest BCUT2D eigenvalue weighted by Crippen LogP contribution is -2.49. The van der Waals surface area contributed by atoms with Gasteiger partial charge in [-0.25, -0.2) is 0 Å². The Morgan fingerprint density at radius 3 is 2.13 bits per heavy atom. The van der Waals surface area contributed by atoms with Gasteiger partial charge in [-0.15, -0.1) is 0 Å². The lowest BCUT2D eigenvalue weighted by atomic mass is 9.99. The molecule has 3 unspecified atom stereocenters. The monoisotopic (exact) mass is 736 g/mol. The number of nitrogens with one attached hydrogen (secondary N) is 2. The number of aliphatic hydroxyl groups excluding tert-OH is 1. The lowest BCUT2D eigenvalue weighted by molar-refractivity contribution is -0.384. The van der Waals surface area contributed by atoms with Crippen molar-refractivity contribution in [3.63, 3.8) is 0 Å². The van der Waals surface area contributed by atoms with Crippen molar-refractivity contribution in [1.82, 2.24) is 10.2 Å². The summed E-state index contributed by atoms with van der Waals surface area (Å²) in [5.41, 5.74) is 11.7. The number of non-ortho nitro benzene ring substituents is 1. The summed E-state index contributed by atoms with van der Waals surface area (Å²) >= 11 is 0. The number of anilines is 3. The van der Waals surface area contributed by atoms with E-state index < -0.39 is 6.29 Å². The van der Waals surface area contributed by atoms with Gasteiger partial charge in [-0.2, -0.15) is 0 Å². The highest BCUT2D eigenvalue weighted by Crippen LogP contribution is 2.38. The Balaban J connectivity index is 0.994. The van der Waals surface area contributed by atoms with Crippen molar-refractivity contribution < 1.29 is 29.1 Å². The number of piperazine rings is 1. The van der Waals surface area contributed by atoms with Gasteiger partial charge in [0.25, 0.3) is 5.69 Å². The Morgan fingerprint density at radius 1 is 0.815 bits per heavy atom. The number of hydrogen-bond acceptors (Lipinski definition) is 10. The number of nitrogens with two attached hydrogens (primary N) is 1. The van der Waals surface area contributed by atoms with E-state index in [1.165, 1.54) is 0 Å². The predicted molar refractivity (Wildman–Crippen MR) is 206 cm³/mol. The number of para-hydroxylation sites is 2. The van der Waals surface area contributed by atoms with E-state index in [1.54, 1.807) is 24.3 Å². The van der Waals surface area contributed by atoms with Gasteiger partial charge in [-0.3, -0.25) is 24.6 Å². The number of nitro groups is 1. The molecular weight excluding hydrogens is 688 g/mol. The maximum absolute atomic E-state index is 12.5. The minimum atomic E-state index is -0.591. The van der Waals surface area contributed by atoms with Crippen LogP contribution in [0.15, 0.2) is 97.1 Å². The first kappa shape index (κ1) is 38.4. The smallest absolute Gasteiger partial charge is 0.269 e. The number of hydrogen-bond donors (Lipinski definition) is 4. The molecule has 0 bridgehead atoms. The minimum Gasteiger partial charge on any atom is -0.397 e. The molecule has 13 nitrogen and oxygen atoms in total. The number of carbonyl (C=O) groups is 2. The van der Waals surface area contributed by atoms with Crippen molar-refractivity contribution in [2.75, 3.05) is 48.7 Å². The van der Waals surface area contributed by atoms with Crippen LogP contribution < -0.4 is 21.3 Å². The number of benzene rings is 4. The Hall–Kier alpha value is -5.34. The lowest BCUT2D eigenvalue weighted by Gasteiger charge is -2.41. The number of nitro benzene ring substituents is 1. The van der Waals surface area contributed by atoms with E-state index in [-0.39, 0.29) is 41.2 Å². The van der Waals surface area contributed by atoms with E-state index in [4.69, 9.17) is 15.2 Å². The Morgan fingerprint density at radius 2 is 1.46 bits per heavy atom. The number of carbonyl (C=O) groups excluding carboxylic acids is 2. The number of unbranched alkanes of at least 4 members (excludes halogenated alkanes) is 1. The van der Waals surface area contributed by atoms with E-state index in [1.807, 2.05) is 72.8 Å². The zero-order chi connectivity index (χ0) is 37.9. The maximum Gasteiger partial charge on any atom is 0.269 e. The van der Waals surface area contributed by atoms with Gasteiger partial charge in [0.1, 0.15) is 0 Å². The summed E-state index contributed by atoms with van der Waals surface area (Å²) in [5, 5.41) is 26.4. The highest BCUT2D eigenvalue weighted by Gasteiger charge is 2.34. The molecule has 6 rings (SSSR count). The van der Waals surface area contributed by atoms with Crippen molar-refractivity contribution in [3.05, 3.63) is 129 Å². The molecule has 2 aliphatic rings. The molecule has 0 saturated carbocycles. The molecule has 4 aromatic rings. The first-order chi connectivity index (χ1) is 26.2. The second kappa shape index (κ2) is 18.6. The van der Waals surface area contributed by atoms with Crippen molar-refractivity contribution in [3.8, 4) is 0 Å². The largest absolute Gasteiger partial charge is 0.397 e. The van der Waals surface area contributed by atoms with Crippen LogP contribution >= 0.6 is 0 Å². The van der Waals surface area contributed by atoms with Gasteiger partial charge in [0, 0.05) is 81.9 Å². The molecule has 4 aromatic carbocycles. The van der Waals surface area contributed by atoms with E-state index in [9.17, 15) is 24.8 Å². The summed E-state index contributed by atoms with van der Waals surface area (Å²) in [7, 11) is 0. The Kier molecular flexibility index (Phi) is 13.2. The summed E-state index contributed by atoms with van der Waals surface area (Å²) in [4.78, 5) is 40.1. The molecule has 0 aromatic heterocycles. The second-order valence-electron chi connectivity index (χ2n) is 13.8. The van der Waals surface area contributed by atoms with E-state index in [2.05, 4.69) is 20.4 Å². The fourth-order valence-electron chi connectivity index (χ4n) is 6.77. The molecule has 2 fully saturated rings. The van der Waals surface area contributed by atoms with Crippen LogP contribution in [-0.2, 0) is 32.2 Å². The van der Waals surface area contributed by atoms with Crippen molar-refractivity contribution in [2.45, 2.75) is 63.8 Å². The molecule has 2 saturated heterocycles. The zero-order valence-electron chi connectivity index (χ0n) is 30.3. The first-order valence-corrected chi connectivity index (χ1v) is 18.5. The van der Waals surface area contributed by atoms with Crippen LogP contribution in [0.25, 0.3) is 0 Å². The van der Waals surface area contributed by atoms with Crippen LogP contribution in [0, 0.1) is 10.1 Å². The summed E-state index contributed by atoms with van der Waals surface area (Å²) in [6, 6.07) is 29.5. The fourth-order valence-corrected chi connectivity index (χ4v) is 6.77. The Labute approximate surface area is 315 Å². The third-order valence-corrected chi connectivity index (χ3v) is 9.91. The van der Waals surface area contributed by atoms with Gasteiger partial charge in [0.2, 0.25) is 11.8 Å². The number of aliphatic hydroxyl groups is 1. The fraction of sp³-hybridized carbons (Fsp3) is 0.366. The molecule has 0 aliphatic carbocycles. The molecular formula is C41H48N6O7. The zero-order valence-corrected chi connectivity index (χ0v) is 30.3. The number of nitrogens with zero attached hydrogens (tertiary/aromatic N) is 3. The highest BCUT2D eigenvalue weighted by atomic mass is 16.7. The van der Waals surface area contributed by atoms with Crippen molar-refractivity contribution >= 4 is 34.6 Å². The van der Waals surface area contributed by atoms with Crippen LogP contribution in [0.1, 0.15) is 66.8 Å². The highest BCUT2D eigenvalue weighted by molar-refractivity contribution is 5.93. The average molecular weight is 737 g/mol. The molecule has 284 valence electrons. The molecule has 0 spiro atoms. The molecule has 2 amide bonds. The first-order valence-electron chi connectivity index (χ1n) is 18.5. The molecule has 2 heterocycles. The van der Waals surface area contributed by atoms with Crippen LogP contribution in [-0.4, -0.2) is 65.6 Å². The number of amides is 2. The number of nitrogen functional groups attached to an aromatic ring is 1. The summed E-state index contributed by atoms with van der Waals surface area (Å²) in [5.74, 6) is -0.201. The minimum absolute atomic E-state index is 0.0248. The molecule has 0 radical (unpaired) electrons. The second-order valence-corrected chi connectivity index (χ2v) is 13.8. The average Bonchev–Trinajstić information content (AvgIpc) is 3.20. The van der Waals surface area contributed by atoms with Crippen LogP contribution in [0.2, 0.25) is 0 Å². The van der Waals surface area contributed by atoms with Crippen LogP contribution in [0.5, 0.6) is 0 Å². The van der Waals surface area contributed by atoms with E-state index in [0.717, 1.165) is 60.7 Å². The van der Waals surface area contributed by atoms with Gasteiger partial charge in [0.05, 0.1) is 35.1 Å². The Bertz CT molecular complexity index is 1850. The SMILES string of the molecule is Nc1ccccc1NC(=O)CCCCC(=O)NCc1ccc(C2OC(CN3CCN(c4ccc([N+](=O)[O-])cc4)CC3)CC(c3ccc(CO)cc3)O2)cc1. The summed E-state index contributed by atoms with van der Waals surface area (Å²) in [6.07, 6.45) is 1.61. The van der Waals surface area contributed by atoms with Crippen LogP contribution in [0.3, 0.4) is 0 Å². The molecule has 54 heavy (non-hydrogen) atoms. The quantitative estimate of drug-likeness (QED) is 0.0502. The van der Waals surface area contributed by atoms with Gasteiger partial charge >= 0.3 is 0 Å². The van der Waals surface area contributed by atoms with E-state index in [0.29, 0.717) is 50.0 Å². The van der Waals surface area contributed by atoms with Gasteiger partial charge in [-0.1, -0.05) is 60.7 Å². The number of rotatable bonds is 15. The normalized spacial score (nSPS) is 18.9. The van der Waals surface area contributed by atoms with E-state index >= 15 is 0 Å². The van der Waals surface area contributed by atoms with Gasteiger partial charge in [0.15, 0.2) is 6.29 Å². The molecule has 3 atom stereocenters. The third kappa shape index (κ3) is 10.6. The predicted octanol–water partition coefficient (Wildman–Crippen LogP) is 5.85. The maximum atomic E-state index is 12.5. The van der Waals surface area contributed by atoms with Crippen molar-refractivity contribution in [2.24, 2.45) is 0 Å². The molecule has 2 aliphatic heterocycles. The standard InChI is InChI=1S/C41H48N6O7/c42-36-5-1-2-6-37(36)44-40(50)8-4-3-7-39(49)43-26-29-9-15-32(16-10-29)41-53-35(25-38(54-41)31-13-11-30(28-48)12-14-31)27-45-21-23-46(24-22-45)33-17-19-34(20-18-33)47(51)52/h1-2,5-6,9-20,35,38,41,48H,3-4,7-8,21-28,42H2,(H,43,49)(H,44,50). The number of ether oxygens (including phenoxy) is 2. The van der Waals surface area contributed by atoms with Crippen molar-refractivity contribution in [1.29, 1.82) is 0 Å². The molecule has 5 N–H and O–H groups in total. The summed E-state index contributed by atoms with van der Waals surface area (Å²) in [6.45, 7) is 4.36. The molecule has 13 heteroatoms.